The smallest absolute Gasteiger partial charge is 0.213 e. The molecule has 0 amide bonds. The van der Waals surface area contributed by atoms with Crippen LogP contribution in [0.25, 0.3) is 0 Å². The maximum atomic E-state index is 13.7. The van der Waals surface area contributed by atoms with Crippen molar-refractivity contribution in [2.24, 2.45) is 5.73 Å². The van der Waals surface area contributed by atoms with Crippen LogP contribution in [0.15, 0.2) is 36.5 Å². The summed E-state index contributed by atoms with van der Waals surface area (Å²) in [7, 11) is 1.54. The normalized spacial score (nSPS) is 10.0. The lowest BCUT2D eigenvalue weighted by atomic mass is 10.2. The van der Waals surface area contributed by atoms with Gasteiger partial charge in [-0.2, -0.15) is 0 Å². The molecule has 6 heteroatoms. The van der Waals surface area contributed by atoms with Crippen LogP contribution in [0, 0.1) is 5.82 Å². The molecule has 1 heterocycles. The van der Waals surface area contributed by atoms with Crippen molar-refractivity contribution >= 4 is 28.6 Å². The SMILES string of the molecule is COc1ccc(Nc2ccc(C(N)=S)c(F)c2)cn1. The van der Waals surface area contributed by atoms with E-state index in [9.17, 15) is 4.39 Å². The molecule has 1 aromatic heterocycles. The summed E-state index contributed by atoms with van der Waals surface area (Å²) in [5.74, 6) is 0.0551. The second kappa shape index (κ2) is 5.62. The highest BCUT2D eigenvalue weighted by atomic mass is 32.1. The lowest BCUT2D eigenvalue weighted by molar-refractivity contribution is 0.398. The highest BCUT2D eigenvalue weighted by Gasteiger charge is 2.06. The van der Waals surface area contributed by atoms with Gasteiger partial charge in [-0.15, -0.1) is 0 Å². The molecule has 0 spiro atoms. The zero-order valence-electron chi connectivity index (χ0n) is 10.2. The molecule has 0 saturated heterocycles. The fourth-order valence-corrected chi connectivity index (χ4v) is 1.70. The number of ether oxygens (including phenoxy) is 1. The summed E-state index contributed by atoms with van der Waals surface area (Å²) in [6.45, 7) is 0. The van der Waals surface area contributed by atoms with Gasteiger partial charge in [-0.3, -0.25) is 0 Å². The number of rotatable bonds is 4. The Kier molecular flexibility index (Phi) is 3.91. The summed E-state index contributed by atoms with van der Waals surface area (Å²) in [6, 6.07) is 8.06. The Morgan fingerprint density at radius 2 is 2.05 bits per heavy atom. The number of nitrogens with two attached hydrogens (primary N) is 1. The van der Waals surface area contributed by atoms with E-state index in [0.29, 0.717) is 11.6 Å². The van der Waals surface area contributed by atoms with Gasteiger partial charge >= 0.3 is 0 Å². The third-order valence-electron chi connectivity index (χ3n) is 2.47. The molecule has 19 heavy (non-hydrogen) atoms. The number of anilines is 2. The van der Waals surface area contributed by atoms with Gasteiger partial charge in [0.1, 0.15) is 10.8 Å². The summed E-state index contributed by atoms with van der Waals surface area (Å²) in [5.41, 5.74) is 6.94. The van der Waals surface area contributed by atoms with Gasteiger partial charge in [-0.05, 0) is 24.3 Å². The van der Waals surface area contributed by atoms with Crippen molar-refractivity contribution in [3.63, 3.8) is 0 Å². The first-order chi connectivity index (χ1) is 9.10. The fraction of sp³-hybridized carbons (Fsp3) is 0.0769. The van der Waals surface area contributed by atoms with E-state index in [4.69, 9.17) is 22.7 Å². The quantitative estimate of drug-likeness (QED) is 0.841. The monoisotopic (exact) mass is 277 g/mol. The maximum absolute atomic E-state index is 13.7. The molecule has 0 aliphatic rings. The molecule has 1 aromatic carbocycles. The molecule has 0 saturated carbocycles. The topological polar surface area (TPSA) is 60.2 Å². The van der Waals surface area contributed by atoms with E-state index in [1.54, 1.807) is 31.5 Å². The van der Waals surface area contributed by atoms with Crippen molar-refractivity contribution in [1.29, 1.82) is 0 Å². The van der Waals surface area contributed by atoms with Gasteiger partial charge in [-0.25, -0.2) is 9.37 Å². The average Bonchev–Trinajstić information content (AvgIpc) is 2.39. The lowest BCUT2D eigenvalue weighted by Crippen LogP contribution is -2.11. The van der Waals surface area contributed by atoms with Crippen LogP contribution in [0.5, 0.6) is 5.88 Å². The summed E-state index contributed by atoms with van der Waals surface area (Å²) in [6.07, 6.45) is 1.60. The zero-order chi connectivity index (χ0) is 13.8. The highest BCUT2D eigenvalue weighted by Crippen LogP contribution is 2.20. The molecule has 0 aliphatic carbocycles. The second-order valence-corrected chi connectivity index (χ2v) is 4.21. The van der Waals surface area contributed by atoms with Crippen molar-refractivity contribution in [3.05, 3.63) is 47.9 Å². The number of thiocarbonyl (C=S) groups is 1. The van der Waals surface area contributed by atoms with Gasteiger partial charge in [0.15, 0.2) is 0 Å². The van der Waals surface area contributed by atoms with Gasteiger partial charge in [0.25, 0.3) is 0 Å². The summed E-state index contributed by atoms with van der Waals surface area (Å²) in [5, 5.41) is 3.02. The molecule has 0 bridgehead atoms. The molecule has 0 atom stereocenters. The van der Waals surface area contributed by atoms with E-state index in [-0.39, 0.29) is 10.6 Å². The Morgan fingerprint density at radius 1 is 1.32 bits per heavy atom. The predicted molar refractivity (Wildman–Crippen MR) is 76.4 cm³/mol. The van der Waals surface area contributed by atoms with Gasteiger partial charge in [0.05, 0.1) is 19.0 Å². The lowest BCUT2D eigenvalue weighted by Gasteiger charge is -2.08. The number of halogens is 1. The van der Waals surface area contributed by atoms with E-state index in [0.717, 1.165) is 5.69 Å². The first-order valence-corrected chi connectivity index (χ1v) is 5.87. The van der Waals surface area contributed by atoms with E-state index in [1.165, 1.54) is 12.1 Å². The standard InChI is InChI=1S/C13H12FN3OS/c1-18-12-5-3-9(7-16-12)17-8-2-4-10(13(15)19)11(14)6-8/h2-7,17H,1H3,(H2,15,19). The van der Waals surface area contributed by atoms with Gasteiger partial charge in [0, 0.05) is 17.3 Å². The van der Waals surface area contributed by atoms with Crippen molar-refractivity contribution in [2.75, 3.05) is 12.4 Å². The minimum absolute atomic E-state index is 0.0372. The highest BCUT2D eigenvalue weighted by molar-refractivity contribution is 7.80. The summed E-state index contributed by atoms with van der Waals surface area (Å²) in [4.78, 5) is 4.08. The van der Waals surface area contributed by atoms with Crippen LogP contribution in [-0.4, -0.2) is 17.1 Å². The molecular formula is C13H12FN3OS. The van der Waals surface area contributed by atoms with Crippen LogP contribution in [0.3, 0.4) is 0 Å². The first-order valence-electron chi connectivity index (χ1n) is 5.46. The summed E-state index contributed by atoms with van der Waals surface area (Å²) >= 11 is 4.74. The molecule has 0 unspecified atom stereocenters. The number of hydrogen-bond donors (Lipinski definition) is 2. The number of methoxy groups -OCH3 is 1. The van der Waals surface area contributed by atoms with Crippen LogP contribution in [-0.2, 0) is 0 Å². The van der Waals surface area contributed by atoms with Crippen LogP contribution in [0.1, 0.15) is 5.56 Å². The van der Waals surface area contributed by atoms with E-state index < -0.39 is 5.82 Å². The molecule has 3 N–H and O–H groups in total. The van der Waals surface area contributed by atoms with E-state index in [1.807, 2.05) is 0 Å². The Hall–Kier alpha value is -2.21. The van der Waals surface area contributed by atoms with E-state index in [2.05, 4.69) is 10.3 Å². The predicted octanol–water partition coefficient (Wildman–Crippen LogP) is 2.61. The van der Waals surface area contributed by atoms with E-state index >= 15 is 0 Å². The van der Waals surface area contributed by atoms with Gasteiger partial charge in [0.2, 0.25) is 5.88 Å². The van der Waals surface area contributed by atoms with Crippen molar-refractivity contribution in [1.82, 2.24) is 4.98 Å². The second-order valence-electron chi connectivity index (χ2n) is 3.77. The average molecular weight is 277 g/mol. The Labute approximate surface area is 115 Å². The Bertz CT molecular complexity index is 601. The number of nitrogens with zero attached hydrogens (tertiary/aromatic N) is 1. The third kappa shape index (κ3) is 3.17. The Balaban J connectivity index is 2.18. The van der Waals surface area contributed by atoms with Gasteiger partial charge in [-0.1, -0.05) is 12.2 Å². The molecule has 2 rings (SSSR count). The molecule has 0 aliphatic heterocycles. The van der Waals surface area contributed by atoms with Crippen molar-refractivity contribution in [3.8, 4) is 5.88 Å². The minimum Gasteiger partial charge on any atom is -0.481 e. The largest absolute Gasteiger partial charge is 0.481 e. The maximum Gasteiger partial charge on any atom is 0.213 e. The molecule has 0 fully saturated rings. The van der Waals surface area contributed by atoms with Crippen molar-refractivity contribution in [2.45, 2.75) is 0 Å². The molecule has 0 radical (unpaired) electrons. The van der Waals surface area contributed by atoms with Gasteiger partial charge < -0.3 is 15.8 Å². The number of hydrogen-bond acceptors (Lipinski definition) is 4. The van der Waals surface area contributed by atoms with Crippen LogP contribution in [0.2, 0.25) is 0 Å². The molecule has 98 valence electrons. The van der Waals surface area contributed by atoms with Crippen LogP contribution < -0.4 is 15.8 Å². The number of pyridine rings is 1. The number of nitrogens with one attached hydrogen (secondary N) is 1. The molecule has 4 nitrogen and oxygen atoms in total. The zero-order valence-corrected chi connectivity index (χ0v) is 11.0. The molecular weight excluding hydrogens is 265 g/mol. The number of aromatic nitrogens is 1. The van der Waals surface area contributed by atoms with Crippen LogP contribution >= 0.6 is 12.2 Å². The Morgan fingerprint density at radius 3 is 2.58 bits per heavy atom. The molecule has 2 aromatic rings. The van der Waals surface area contributed by atoms with Crippen molar-refractivity contribution < 1.29 is 9.13 Å². The first kappa shape index (κ1) is 13.2. The minimum atomic E-state index is -0.459. The number of benzene rings is 1. The summed E-state index contributed by atoms with van der Waals surface area (Å²) < 4.78 is 18.6. The third-order valence-corrected chi connectivity index (χ3v) is 2.69. The fourth-order valence-electron chi connectivity index (χ4n) is 1.53. The van der Waals surface area contributed by atoms with Crippen LogP contribution in [0.4, 0.5) is 15.8 Å².